The predicted molar refractivity (Wildman–Crippen MR) is 60.5 cm³/mol. The number of benzene rings is 1. The number of carbonyl (C=O) groups is 2. The van der Waals surface area contributed by atoms with E-state index in [1.54, 1.807) is 0 Å². The number of carbonyl (C=O) groups excluding carboxylic acids is 2. The highest BCUT2D eigenvalue weighted by Crippen LogP contribution is 2.03. The summed E-state index contributed by atoms with van der Waals surface area (Å²) in [4.78, 5) is 30.3. The Morgan fingerprint density at radius 2 is 1.94 bits per heavy atom. The second-order valence-electron chi connectivity index (χ2n) is 3.31. The average molecular weight is 235 g/mol. The Labute approximate surface area is 98.8 Å². The molecule has 0 aromatic heterocycles. The van der Waals surface area contributed by atoms with E-state index in [0.29, 0.717) is 6.42 Å². The first-order valence-electron chi connectivity index (χ1n) is 4.97. The molecule has 1 aromatic rings. The second kappa shape index (κ2) is 6.44. The average Bonchev–Trinajstić information content (AvgIpc) is 2.36. The highest BCUT2D eigenvalue weighted by molar-refractivity contribution is 5.82. The van der Waals surface area contributed by atoms with E-state index in [0.717, 1.165) is 11.6 Å². The van der Waals surface area contributed by atoms with Crippen molar-refractivity contribution in [1.29, 1.82) is 0 Å². The molecule has 1 aromatic carbocycles. The van der Waals surface area contributed by atoms with E-state index >= 15 is 0 Å². The van der Waals surface area contributed by atoms with Crippen molar-refractivity contribution in [2.75, 3.05) is 0 Å². The lowest BCUT2D eigenvalue weighted by molar-refractivity contribution is -0.255. The number of nitrogens with two attached hydrogens (primary N) is 1. The third-order valence-corrected chi connectivity index (χ3v) is 1.97. The van der Waals surface area contributed by atoms with Crippen LogP contribution in [0.15, 0.2) is 43.0 Å². The van der Waals surface area contributed by atoms with Crippen LogP contribution >= 0.6 is 0 Å². The van der Waals surface area contributed by atoms with Gasteiger partial charge >= 0.3 is 11.9 Å². The van der Waals surface area contributed by atoms with Gasteiger partial charge in [0.2, 0.25) is 0 Å². The molecule has 0 saturated carbocycles. The zero-order chi connectivity index (χ0) is 12.7. The maximum absolute atomic E-state index is 11.3. The van der Waals surface area contributed by atoms with Crippen LogP contribution in [0, 0.1) is 0 Å². The normalized spacial score (nSPS) is 11.4. The standard InChI is InChI=1S/C12H13NO4/c1-2-11(14)16-17-12(15)10(13)8-9-6-4-3-5-7-9/h2-7,10H,1,8,13H2. The van der Waals surface area contributed by atoms with Gasteiger partial charge < -0.3 is 5.73 Å². The van der Waals surface area contributed by atoms with Gasteiger partial charge in [-0.2, -0.15) is 0 Å². The van der Waals surface area contributed by atoms with Crippen LogP contribution in [0.4, 0.5) is 0 Å². The molecule has 0 radical (unpaired) electrons. The lowest BCUT2D eigenvalue weighted by atomic mass is 10.1. The lowest BCUT2D eigenvalue weighted by Crippen LogP contribution is -2.34. The van der Waals surface area contributed by atoms with Crippen LogP contribution in [0.5, 0.6) is 0 Å². The fourth-order valence-corrected chi connectivity index (χ4v) is 1.13. The summed E-state index contributed by atoms with van der Waals surface area (Å²) in [7, 11) is 0. The first-order valence-corrected chi connectivity index (χ1v) is 4.97. The topological polar surface area (TPSA) is 78.6 Å². The Morgan fingerprint density at radius 1 is 1.29 bits per heavy atom. The largest absolute Gasteiger partial charge is 0.378 e. The maximum Gasteiger partial charge on any atom is 0.378 e. The Bertz CT molecular complexity index is 402. The molecule has 2 N–H and O–H groups in total. The van der Waals surface area contributed by atoms with Crippen molar-refractivity contribution >= 4 is 11.9 Å². The summed E-state index contributed by atoms with van der Waals surface area (Å²) < 4.78 is 0. The third-order valence-electron chi connectivity index (χ3n) is 1.97. The predicted octanol–water partition coefficient (Wildman–Crippen LogP) is 0.744. The highest BCUT2D eigenvalue weighted by Gasteiger charge is 2.18. The molecule has 90 valence electrons. The van der Waals surface area contributed by atoms with Gasteiger partial charge in [-0.25, -0.2) is 19.4 Å². The highest BCUT2D eigenvalue weighted by atomic mass is 17.2. The van der Waals surface area contributed by atoms with Crippen LogP contribution in [0.2, 0.25) is 0 Å². The Balaban J connectivity index is 2.42. The molecule has 1 atom stereocenters. The fraction of sp³-hybridized carbons (Fsp3) is 0.167. The number of hydrogen-bond acceptors (Lipinski definition) is 5. The van der Waals surface area contributed by atoms with Gasteiger partial charge in [0.15, 0.2) is 0 Å². The van der Waals surface area contributed by atoms with E-state index in [-0.39, 0.29) is 0 Å². The van der Waals surface area contributed by atoms with Crippen LogP contribution in [-0.2, 0) is 25.8 Å². The first-order chi connectivity index (χ1) is 8.13. The molecule has 17 heavy (non-hydrogen) atoms. The van der Waals surface area contributed by atoms with Crippen LogP contribution in [0.25, 0.3) is 0 Å². The molecule has 0 fully saturated rings. The van der Waals surface area contributed by atoms with E-state index in [2.05, 4.69) is 16.4 Å². The molecule has 0 spiro atoms. The summed E-state index contributed by atoms with van der Waals surface area (Å²) in [6.07, 6.45) is 1.20. The van der Waals surface area contributed by atoms with E-state index in [1.807, 2.05) is 30.3 Å². The fourth-order valence-electron chi connectivity index (χ4n) is 1.13. The number of hydrogen-bond donors (Lipinski definition) is 1. The lowest BCUT2D eigenvalue weighted by Gasteiger charge is -2.08. The summed E-state index contributed by atoms with van der Waals surface area (Å²) in [6.45, 7) is 3.15. The van der Waals surface area contributed by atoms with Crippen molar-refractivity contribution in [2.45, 2.75) is 12.5 Å². The molecule has 0 aliphatic rings. The van der Waals surface area contributed by atoms with Gasteiger partial charge in [0.05, 0.1) is 0 Å². The van der Waals surface area contributed by atoms with Crippen molar-refractivity contribution in [2.24, 2.45) is 5.73 Å². The second-order valence-corrected chi connectivity index (χ2v) is 3.31. The summed E-state index contributed by atoms with van der Waals surface area (Å²) in [5.41, 5.74) is 6.48. The van der Waals surface area contributed by atoms with Crippen molar-refractivity contribution in [3.8, 4) is 0 Å². The third kappa shape index (κ3) is 4.48. The summed E-state index contributed by atoms with van der Waals surface area (Å²) in [6, 6.07) is 8.33. The summed E-state index contributed by atoms with van der Waals surface area (Å²) in [5, 5.41) is 0. The van der Waals surface area contributed by atoms with Crippen LogP contribution in [0.1, 0.15) is 5.56 Å². The number of rotatable bonds is 4. The Morgan fingerprint density at radius 3 is 2.53 bits per heavy atom. The van der Waals surface area contributed by atoms with E-state index < -0.39 is 18.0 Å². The molecule has 0 heterocycles. The quantitative estimate of drug-likeness (QED) is 0.473. The minimum atomic E-state index is -0.880. The van der Waals surface area contributed by atoms with Crippen LogP contribution in [-0.4, -0.2) is 18.0 Å². The zero-order valence-corrected chi connectivity index (χ0v) is 9.17. The Hall–Kier alpha value is -2.14. The SMILES string of the molecule is C=CC(=O)OOC(=O)C(N)Cc1ccccc1. The van der Waals surface area contributed by atoms with E-state index in [4.69, 9.17) is 5.73 Å². The summed E-state index contributed by atoms with van der Waals surface area (Å²) >= 11 is 0. The van der Waals surface area contributed by atoms with Crippen LogP contribution in [0.3, 0.4) is 0 Å². The van der Waals surface area contributed by atoms with Gasteiger partial charge in [0, 0.05) is 6.08 Å². The van der Waals surface area contributed by atoms with Gasteiger partial charge in [-0.05, 0) is 12.0 Å². The van der Waals surface area contributed by atoms with Crippen LogP contribution < -0.4 is 5.73 Å². The monoisotopic (exact) mass is 235 g/mol. The molecule has 0 amide bonds. The molecule has 0 aliphatic heterocycles. The maximum atomic E-state index is 11.3. The molecule has 1 unspecified atom stereocenters. The molecule has 0 aliphatic carbocycles. The molecule has 5 heteroatoms. The Kier molecular flexibility index (Phi) is 4.90. The van der Waals surface area contributed by atoms with Crippen molar-refractivity contribution in [3.05, 3.63) is 48.6 Å². The van der Waals surface area contributed by atoms with E-state index in [1.165, 1.54) is 0 Å². The van der Waals surface area contributed by atoms with Gasteiger partial charge in [0.1, 0.15) is 6.04 Å². The smallest absolute Gasteiger partial charge is 0.318 e. The molecular weight excluding hydrogens is 222 g/mol. The zero-order valence-electron chi connectivity index (χ0n) is 9.17. The van der Waals surface area contributed by atoms with Crippen molar-refractivity contribution in [1.82, 2.24) is 0 Å². The van der Waals surface area contributed by atoms with Crippen molar-refractivity contribution < 1.29 is 19.4 Å². The molecule has 0 bridgehead atoms. The van der Waals surface area contributed by atoms with Gasteiger partial charge in [-0.15, -0.1) is 0 Å². The molecular formula is C12H13NO4. The van der Waals surface area contributed by atoms with Gasteiger partial charge in [-0.3, -0.25) is 0 Å². The summed E-state index contributed by atoms with van der Waals surface area (Å²) in [5.74, 6) is -1.64. The van der Waals surface area contributed by atoms with Gasteiger partial charge in [0.25, 0.3) is 0 Å². The van der Waals surface area contributed by atoms with Crippen molar-refractivity contribution in [3.63, 3.8) is 0 Å². The molecule has 0 saturated heterocycles. The minimum Gasteiger partial charge on any atom is -0.318 e. The van der Waals surface area contributed by atoms with E-state index in [9.17, 15) is 9.59 Å². The van der Waals surface area contributed by atoms with Gasteiger partial charge in [-0.1, -0.05) is 36.9 Å². The molecule has 1 rings (SSSR count). The minimum absolute atomic E-state index is 0.311. The molecule has 5 nitrogen and oxygen atoms in total. The first kappa shape index (κ1) is 12.9.